The van der Waals surface area contributed by atoms with Crippen LogP contribution < -0.4 is 5.32 Å². The number of imidazole rings is 1. The average Bonchev–Trinajstić information content (AvgIpc) is 2.75. The Labute approximate surface area is 112 Å². The number of rotatable bonds is 2. The van der Waals surface area contributed by atoms with E-state index in [1.807, 2.05) is 19.2 Å². The van der Waals surface area contributed by atoms with E-state index in [9.17, 15) is 0 Å². The number of aromatic nitrogens is 2. The SMILES string of the molecule is CNc1ccccc1-c1nc2cc(C)ccc2n1C. The highest BCUT2D eigenvalue weighted by Gasteiger charge is 2.12. The minimum absolute atomic E-state index is 0.991. The molecule has 0 radical (unpaired) electrons. The van der Waals surface area contributed by atoms with Gasteiger partial charge in [-0.05, 0) is 36.8 Å². The van der Waals surface area contributed by atoms with Gasteiger partial charge in [-0.2, -0.15) is 0 Å². The molecule has 0 atom stereocenters. The fourth-order valence-corrected chi connectivity index (χ4v) is 2.45. The molecule has 0 spiro atoms. The number of benzene rings is 2. The van der Waals surface area contributed by atoms with Crippen LogP contribution in [-0.2, 0) is 7.05 Å². The summed E-state index contributed by atoms with van der Waals surface area (Å²) < 4.78 is 2.14. The summed E-state index contributed by atoms with van der Waals surface area (Å²) in [6.45, 7) is 2.09. The molecule has 0 aliphatic heterocycles. The van der Waals surface area contributed by atoms with E-state index in [0.29, 0.717) is 0 Å². The number of nitrogens with one attached hydrogen (secondary N) is 1. The lowest BCUT2D eigenvalue weighted by Gasteiger charge is -2.08. The van der Waals surface area contributed by atoms with Gasteiger partial charge in [0.15, 0.2) is 0 Å². The highest BCUT2D eigenvalue weighted by molar-refractivity contribution is 5.84. The number of hydrogen-bond donors (Lipinski definition) is 1. The largest absolute Gasteiger partial charge is 0.388 e. The van der Waals surface area contributed by atoms with Gasteiger partial charge in [-0.25, -0.2) is 4.98 Å². The highest BCUT2D eigenvalue weighted by atomic mass is 15.1. The Bertz CT molecular complexity index is 741. The van der Waals surface area contributed by atoms with Gasteiger partial charge in [0.05, 0.1) is 11.0 Å². The van der Waals surface area contributed by atoms with E-state index < -0.39 is 0 Å². The van der Waals surface area contributed by atoms with Crippen molar-refractivity contribution < 1.29 is 0 Å². The topological polar surface area (TPSA) is 29.9 Å². The zero-order chi connectivity index (χ0) is 13.4. The average molecular weight is 251 g/mol. The van der Waals surface area contributed by atoms with Gasteiger partial charge >= 0.3 is 0 Å². The number of nitrogens with zero attached hydrogens (tertiary/aromatic N) is 2. The van der Waals surface area contributed by atoms with Gasteiger partial charge in [0.25, 0.3) is 0 Å². The zero-order valence-electron chi connectivity index (χ0n) is 11.4. The Morgan fingerprint density at radius 3 is 2.68 bits per heavy atom. The molecule has 0 unspecified atom stereocenters. The molecule has 3 nitrogen and oxygen atoms in total. The molecule has 3 rings (SSSR count). The molecule has 0 fully saturated rings. The summed E-state index contributed by atoms with van der Waals surface area (Å²) in [5.74, 6) is 0.991. The van der Waals surface area contributed by atoms with Gasteiger partial charge in [0, 0.05) is 25.3 Å². The third-order valence-electron chi connectivity index (χ3n) is 3.47. The number of aryl methyl sites for hydroxylation is 2. The number of fused-ring (bicyclic) bond motifs is 1. The minimum atomic E-state index is 0.991. The molecule has 1 heterocycles. The maximum absolute atomic E-state index is 4.77. The first kappa shape index (κ1) is 11.8. The lowest BCUT2D eigenvalue weighted by atomic mass is 10.1. The molecule has 96 valence electrons. The molecule has 1 N–H and O–H groups in total. The molecule has 2 aromatic carbocycles. The number of para-hydroxylation sites is 1. The lowest BCUT2D eigenvalue weighted by Crippen LogP contribution is -1.97. The van der Waals surface area contributed by atoms with Crippen LogP contribution in [0.5, 0.6) is 0 Å². The maximum atomic E-state index is 4.77. The molecular formula is C16H17N3. The summed E-state index contributed by atoms with van der Waals surface area (Å²) in [5, 5.41) is 3.22. The molecule has 0 aliphatic rings. The first-order valence-electron chi connectivity index (χ1n) is 6.41. The molecule has 0 amide bonds. The third-order valence-corrected chi connectivity index (χ3v) is 3.47. The van der Waals surface area contributed by atoms with E-state index in [0.717, 1.165) is 28.1 Å². The first-order chi connectivity index (χ1) is 9.20. The van der Waals surface area contributed by atoms with Crippen molar-refractivity contribution in [2.24, 2.45) is 7.05 Å². The van der Waals surface area contributed by atoms with Crippen LogP contribution in [0.15, 0.2) is 42.5 Å². The van der Waals surface area contributed by atoms with E-state index in [1.54, 1.807) is 0 Å². The molecule has 3 heteroatoms. The Hall–Kier alpha value is -2.29. The molecule has 19 heavy (non-hydrogen) atoms. The quantitative estimate of drug-likeness (QED) is 0.754. The summed E-state index contributed by atoms with van der Waals surface area (Å²) in [6.07, 6.45) is 0. The molecular weight excluding hydrogens is 234 g/mol. The van der Waals surface area contributed by atoms with Gasteiger partial charge < -0.3 is 9.88 Å². The van der Waals surface area contributed by atoms with Crippen LogP contribution in [0.2, 0.25) is 0 Å². The summed E-state index contributed by atoms with van der Waals surface area (Å²) in [4.78, 5) is 4.77. The van der Waals surface area contributed by atoms with E-state index in [1.165, 1.54) is 5.56 Å². The van der Waals surface area contributed by atoms with Gasteiger partial charge in [-0.3, -0.25) is 0 Å². The van der Waals surface area contributed by atoms with E-state index >= 15 is 0 Å². The lowest BCUT2D eigenvalue weighted by molar-refractivity contribution is 0.959. The Balaban J connectivity index is 2.28. The first-order valence-corrected chi connectivity index (χ1v) is 6.41. The van der Waals surface area contributed by atoms with Crippen molar-refractivity contribution in [2.75, 3.05) is 12.4 Å². The van der Waals surface area contributed by atoms with Crippen LogP contribution >= 0.6 is 0 Å². The zero-order valence-corrected chi connectivity index (χ0v) is 11.4. The van der Waals surface area contributed by atoms with Crippen molar-refractivity contribution in [3.63, 3.8) is 0 Å². The number of anilines is 1. The van der Waals surface area contributed by atoms with Gasteiger partial charge in [-0.1, -0.05) is 18.2 Å². The second kappa shape index (κ2) is 4.43. The van der Waals surface area contributed by atoms with Crippen molar-refractivity contribution in [1.82, 2.24) is 9.55 Å². The van der Waals surface area contributed by atoms with Crippen molar-refractivity contribution >= 4 is 16.7 Å². The number of hydrogen-bond acceptors (Lipinski definition) is 2. The molecule has 1 aromatic heterocycles. The van der Waals surface area contributed by atoms with Gasteiger partial charge in [0.1, 0.15) is 5.82 Å². The summed E-state index contributed by atoms with van der Waals surface area (Å²) in [7, 11) is 4.00. The van der Waals surface area contributed by atoms with Gasteiger partial charge in [0.2, 0.25) is 0 Å². The van der Waals surface area contributed by atoms with Crippen LogP contribution in [0.3, 0.4) is 0 Å². The Kier molecular flexibility index (Phi) is 2.75. The van der Waals surface area contributed by atoms with E-state index in [4.69, 9.17) is 4.98 Å². The van der Waals surface area contributed by atoms with Crippen LogP contribution in [0.25, 0.3) is 22.4 Å². The van der Waals surface area contributed by atoms with E-state index in [2.05, 4.69) is 54.2 Å². The second-order valence-corrected chi connectivity index (χ2v) is 4.78. The van der Waals surface area contributed by atoms with Crippen LogP contribution in [-0.4, -0.2) is 16.6 Å². The third kappa shape index (κ3) is 1.87. The van der Waals surface area contributed by atoms with Crippen LogP contribution in [0.1, 0.15) is 5.56 Å². The molecule has 0 bridgehead atoms. The summed E-state index contributed by atoms with van der Waals surface area (Å²) in [5.41, 5.74) is 5.66. The smallest absolute Gasteiger partial charge is 0.142 e. The van der Waals surface area contributed by atoms with Crippen molar-refractivity contribution in [1.29, 1.82) is 0 Å². The van der Waals surface area contributed by atoms with Crippen LogP contribution in [0.4, 0.5) is 5.69 Å². The van der Waals surface area contributed by atoms with Gasteiger partial charge in [-0.15, -0.1) is 0 Å². The normalized spacial score (nSPS) is 10.9. The Morgan fingerprint density at radius 1 is 1.11 bits per heavy atom. The summed E-state index contributed by atoms with van der Waals surface area (Å²) >= 11 is 0. The molecule has 0 aliphatic carbocycles. The fourth-order valence-electron chi connectivity index (χ4n) is 2.45. The minimum Gasteiger partial charge on any atom is -0.388 e. The second-order valence-electron chi connectivity index (χ2n) is 4.78. The van der Waals surface area contributed by atoms with Crippen molar-refractivity contribution in [3.05, 3.63) is 48.0 Å². The maximum Gasteiger partial charge on any atom is 0.142 e. The standard InChI is InChI=1S/C16H17N3/c1-11-8-9-15-14(10-11)18-16(19(15)3)12-6-4-5-7-13(12)17-2/h4-10,17H,1-3H3. The fraction of sp³-hybridized carbons (Fsp3) is 0.188. The Morgan fingerprint density at radius 2 is 1.89 bits per heavy atom. The molecule has 3 aromatic rings. The predicted molar refractivity (Wildman–Crippen MR) is 80.4 cm³/mol. The van der Waals surface area contributed by atoms with Crippen molar-refractivity contribution in [2.45, 2.75) is 6.92 Å². The highest BCUT2D eigenvalue weighted by Crippen LogP contribution is 2.29. The predicted octanol–water partition coefficient (Wildman–Crippen LogP) is 3.59. The van der Waals surface area contributed by atoms with E-state index in [-0.39, 0.29) is 0 Å². The molecule has 0 saturated carbocycles. The molecule has 0 saturated heterocycles. The van der Waals surface area contributed by atoms with Crippen LogP contribution in [0, 0.1) is 6.92 Å². The van der Waals surface area contributed by atoms with Crippen molar-refractivity contribution in [3.8, 4) is 11.4 Å². The summed E-state index contributed by atoms with van der Waals surface area (Å²) in [6, 6.07) is 14.6. The monoisotopic (exact) mass is 251 g/mol.